The summed E-state index contributed by atoms with van der Waals surface area (Å²) in [4.78, 5) is 22.6. The van der Waals surface area contributed by atoms with Gasteiger partial charge in [0.2, 0.25) is 0 Å². The highest BCUT2D eigenvalue weighted by molar-refractivity contribution is 5.99. The SMILES string of the molecule is Cn1nc(C(C)(C)C)cc1NC(=O)Nc1ccc(C=O)cc1. The maximum absolute atomic E-state index is 12.0. The predicted octanol–water partition coefficient (Wildman–Crippen LogP) is 3.17. The number of nitrogens with zero attached hydrogens (tertiary/aromatic N) is 2. The number of carbonyl (C=O) groups is 2. The van der Waals surface area contributed by atoms with Crippen molar-refractivity contribution in [3.63, 3.8) is 0 Å². The Morgan fingerprint density at radius 1 is 1.18 bits per heavy atom. The second kappa shape index (κ2) is 6.01. The molecule has 2 amide bonds. The summed E-state index contributed by atoms with van der Waals surface area (Å²) in [5, 5.41) is 9.87. The fourth-order valence-electron chi connectivity index (χ4n) is 1.87. The van der Waals surface area contributed by atoms with Crippen LogP contribution < -0.4 is 10.6 Å². The van der Waals surface area contributed by atoms with Gasteiger partial charge in [-0.05, 0) is 24.3 Å². The Morgan fingerprint density at radius 3 is 2.32 bits per heavy atom. The molecule has 0 aliphatic rings. The zero-order valence-corrected chi connectivity index (χ0v) is 13.2. The van der Waals surface area contributed by atoms with E-state index in [0.29, 0.717) is 17.1 Å². The van der Waals surface area contributed by atoms with Crippen molar-refractivity contribution in [3.05, 3.63) is 41.6 Å². The monoisotopic (exact) mass is 300 g/mol. The molecule has 1 aromatic carbocycles. The topological polar surface area (TPSA) is 76.0 Å². The normalized spacial score (nSPS) is 11.1. The molecular formula is C16H20N4O2. The number of aryl methyl sites for hydroxylation is 1. The first-order valence-electron chi connectivity index (χ1n) is 6.97. The van der Waals surface area contributed by atoms with Gasteiger partial charge in [-0.2, -0.15) is 5.10 Å². The quantitative estimate of drug-likeness (QED) is 0.855. The maximum atomic E-state index is 12.0. The third kappa shape index (κ3) is 3.72. The van der Waals surface area contributed by atoms with E-state index < -0.39 is 0 Å². The van der Waals surface area contributed by atoms with Crippen molar-refractivity contribution in [1.82, 2.24) is 9.78 Å². The van der Waals surface area contributed by atoms with Gasteiger partial charge < -0.3 is 5.32 Å². The van der Waals surface area contributed by atoms with E-state index in [1.807, 2.05) is 6.07 Å². The molecule has 0 bridgehead atoms. The molecule has 2 rings (SSSR count). The molecule has 6 heteroatoms. The number of anilines is 2. The lowest BCUT2D eigenvalue weighted by Crippen LogP contribution is -2.21. The third-order valence-electron chi connectivity index (χ3n) is 3.19. The minimum absolute atomic E-state index is 0.0845. The van der Waals surface area contributed by atoms with Crippen LogP contribution in [0, 0.1) is 0 Å². The van der Waals surface area contributed by atoms with Crippen LogP contribution in [0.2, 0.25) is 0 Å². The highest BCUT2D eigenvalue weighted by Gasteiger charge is 2.19. The van der Waals surface area contributed by atoms with E-state index in [1.165, 1.54) is 0 Å². The minimum Gasteiger partial charge on any atom is -0.308 e. The maximum Gasteiger partial charge on any atom is 0.324 e. The summed E-state index contributed by atoms with van der Waals surface area (Å²) >= 11 is 0. The van der Waals surface area contributed by atoms with E-state index in [1.54, 1.807) is 36.0 Å². The van der Waals surface area contributed by atoms with Gasteiger partial charge in [0.05, 0.1) is 5.69 Å². The van der Waals surface area contributed by atoms with Crippen LogP contribution in [-0.2, 0) is 12.5 Å². The third-order valence-corrected chi connectivity index (χ3v) is 3.19. The fraction of sp³-hybridized carbons (Fsp3) is 0.312. The molecule has 0 aliphatic carbocycles. The van der Waals surface area contributed by atoms with Crippen LogP contribution in [0.4, 0.5) is 16.3 Å². The van der Waals surface area contributed by atoms with Crippen LogP contribution in [0.25, 0.3) is 0 Å². The van der Waals surface area contributed by atoms with Crippen molar-refractivity contribution in [2.45, 2.75) is 26.2 Å². The second-order valence-electron chi connectivity index (χ2n) is 6.11. The molecule has 0 atom stereocenters. The smallest absolute Gasteiger partial charge is 0.308 e. The Bertz CT molecular complexity index is 681. The number of amides is 2. The molecule has 116 valence electrons. The lowest BCUT2D eigenvalue weighted by molar-refractivity contribution is 0.112. The molecule has 0 saturated heterocycles. The zero-order valence-electron chi connectivity index (χ0n) is 13.2. The molecule has 1 aromatic heterocycles. The number of aromatic nitrogens is 2. The van der Waals surface area contributed by atoms with Gasteiger partial charge in [-0.25, -0.2) is 4.79 Å². The van der Waals surface area contributed by atoms with Crippen molar-refractivity contribution in [2.24, 2.45) is 7.05 Å². The Balaban J connectivity index is 2.05. The number of carbonyl (C=O) groups excluding carboxylic acids is 2. The fourth-order valence-corrected chi connectivity index (χ4v) is 1.87. The first kappa shape index (κ1) is 15.8. The van der Waals surface area contributed by atoms with E-state index in [4.69, 9.17) is 0 Å². The highest BCUT2D eigenvalue weighted by Crippen LogP contribution is 2.23. The summed E-state index contributed by atoms with van der Waals surface area (Å²) in [5.74, 6) is 0.618. The van der Waals surface area contributed by atoms with E-state index in [9.17, 15) is 9.59 Å². The van der Waals surface area contributed by atoms with Crippen molar-refractivity contribution in [3.8, 4) is 0 Å². The molecule has 1 heterocycles. The molecule has 6 nitrogen and oxygen atoms in total. The first-order valence-corrected chi connectivity index (χ1v) is 6.97. The highest BCUT2D eigenvalue weighted by atomic mass is 16.2. The first-order chi connectivity index (χ1) is 10.3. The standard InChI is InChI=1S/C16H20N4O2/c1-16(2,3)13-9-14(20(4)19-13)18-15(22)17-12-7-5-11(10-21)6-8-12/h5-10H,1-4H3,(H2,17,18,22). The molecule has 0 unspecified atom stereocenters. The van der Waals surface area contributed by atoms with E-state index in [0.717, 1.165) is 12.0 Å². The summed E-state index contributed by atoms with van der Waals surface area (Å²) < 4.78 is 1.63. The van der Waals surface area contributed by atoms with Gasteiger partial charge in [0.25, 0.3) is 0 Å². The van der Waals surface area contributed by atoms with Crippen LogP contribution in [0.3, 0.4) is 0 Å². The van der Waals surface area contributed by atoms with Crippen LogP contribution in [0.15, 0.2) is 30.3 Å². The van der Waals surface area contributed by atoms with Gasteiger partial charge in [0.1, 0.15) is 12.1 Å². The summed E-state index contributed by atoms with van der Waals surface area (Å²) in [5.41, 5.74) is 1.99. The number of rotatable bonds is 3. The van der Waals surface area contributed by atoms with Crippen molar-refractivity contribution >= 4 is 23.8 Å². The molecule has 0 fully saturated rings. The average molecular weight is 300 g/mol. The number of hydrogen-bond acceptors (Lipinski definition) is 3. The average Bonchev–Trinajstić information content (AvgIpc) is 2.81. The zero-order chi connectivity index (χ0) is 16.3. The predicted molar refractivity (Wildman–Crippen MR) is 86.4 cm³/mol. The molecular weight excluding hydrogens is 280 g/mol. The van der Waals surface area contributed by atoms with Gasteiger partial charge in [-0.3, -0.25) is 14.8 Å². The van der Waals surface area contributed by atoms with Crippen LogP contribution in [-0.4, -0.2) is 22.1 Å². The van der Waals surface area contributed by atoms with Crippen LogP contribution in [0.5, 0.6) is 0 Å². The van der Waals surface area contributed by atoms with E-state index >= 15 is 0 Å². The van der Waals surface area contributed by atoms with Crippen molar-refractivity contribution in [2.75, 3.05) is 10.6 Å². The molecule has 0 radical (unpaired) electrons. The van der Waals surface area contributed by atoms with Gasteiger partial charge in [0, 0.05) is 29.8 Å². The molecule has 0 saturated carbocycles. The Hall–Kier alpha value is -2.63. The lowest BCUT2D eigenvalue weighted by Gasteiger charge is -2.13. The minimum atomic E-state index is -0.359. The van der Waals surface area contributed by atoms with Crippen LogP contribution in [0.1, 0.15) is 36.8 Å². The molecule has 22 heavy (non-hydrogen) atoms. The van der Waals surface area contributed by atoms with Gasteiger partial charge in [0.15, 0.2) is 0 Å². The molecule has 2 N–H and O–H groups in total. The number of hydrogen-bond donors (Lipinski definition) is 2. The summed E-state index contributed by atoms with van der Waals surface area (Å²) in [6, 6.07) is 8.13. The number of nitrogens with one attached hydrogen (secondary N) is 2. The Labute approximate surface area is 129 Å². The molecule has 0 spiro atoms. The van der Waals surface area contributed by atoms with E-state index in [-0.39, 0.29) is 11.4 Å². The van der Waals surface area contributed by atoms with Crippen LogP contribution >= 0.6 is 0 Å². The molecule has 2 aromatic rings. The molecule has 0 aliphatic heterocycles. The lowest BCUT2D eigenvalue weighted by atomic mass is 9.92. The van der Waals surface area contributed by atoms with Gasteiger partial charge in [-0.15, -0.1) is 0 Å². The number of benzene rings is 1. The van der Waals surface area contributed by atoms with Crippen molar-refractivity contribution < 1.29 is 9.59 Å². The summed E-state index contributed by atoms with van der Waals surface area (Å²) in [6.07, 6.45) is 0.757. The Morgan fingerprint density at radius 2 is 1.82 bits per heavy atom. The Kier molecular flexibility index (Phi) is 4.30. The number of urea groups is 1. The summed E-state index contributed by atoms with van der Waals surface area (Å²) in [6.45, 7) is 6.19. The van der Waals surface area contributed by atoms with Gasteiger partial charge in [-0.1, -0.05) is 20.8 Å². The van der Waals surface area contributed by atoms with E-state index in [2.05, 4.69) is 36.5 Å². The number of aldehydes is 1. The van der Waals surface area contributed by atoms with Crippen molar-refractivity contribution in [1.29, 1.82) is 0 Å². The summed E-state index contributed by atoms with van der Waals surface area (Å²) in [7, 11) is 1.78. The second-order valence-corrected chi connectivity index (χ2v) is 6.11. The van der Waals surface area contributed by atoms with Gasteiger partial charge >= 0.3 is 6.03 Å². The largest absolute Gasteiger partial charge is 0.324 e.